The van der Waals surface area contributed by atoms with E-state index in [0.29, 0.717) is 31.2 Å². The molecule has 2 aromatic heterocycles. The van der Waals surface area contributed by atoms with Gasteiger partial charge in [-0.2, -0.15) is 4.98 Å². The number of anilines is 4. The third-order valence-corrected chi connectivity index (χ3v) is 6.85. The molecule has 0 spiro atoms. The molecule has 1 atom stereocenters. The first-order valence-corrected chi connectivity index (χ1v) is 12.0. The Balaban J connectivity index is 1.40. The molecule has 1 unspecified atom stereocenters. The zero-order valence-corrected chi connectivity index (χ0v) is 19.9. The van der Waals surface area contributed by atoms with Crippen LogP contribution in [0.3, 0.4) is 0 Å². The molecular formula is C27H26N6O3. The first-order chi connectivity index (χ1) is 17.6. The van der Waals surface area contributed by atoms with E-state index in [0.717, 1.165) is 40.4 Å². The number of aliphatic hydroxyl groups is 1. The Labute approximate surface area is 208 Å². The SMILES string of the molecule is CC(=O)N1CCc2nc(Nc3ccc(-c4cnco4)cc3)nc(N3c4ccccc4CC3CO)c2C1. The van der Waals surface area contributed by atoms with Gasteiger partial charge in [0.1, 0.15) is 5.82 Å². The first-order valence-electron chi connectivity index (χ1n) is 12.0. The zero-order valence-electron chi connectivity index (χ0n) is 19.9. The second kappa shape index (κ2) is 9.09. The summed E-state index contributed by atoms with van der Waals surface area (Å²) >= 11 is 0. The van der Waals surface area contributed by atoms with Gasteiger partial charge in [0.25, 0.3) is 0 Å². The first kappa shape index (κ1) is 22.2. The molecule has 0 saturated carbocycles. The number of carbonyl (C=O) groups excluding carboxylic acids is 1. The average molecular weight is 483 g/mol. The molecule has 2 N–H and O–H groups in total. The number of hydrogen-bond acceptors (Lipinski definition) is 8. The van der Waals surface area contributed by atoms with Crippen molar-refractivity contribution in [1.29, 1.82) is 0 Å². The van der Waals surface area contributed by atoms with Crippen LogP contribution >= 0.6 is 0 Å². The van der Waals surface area contributed by atoms with Crippen LogP contribution in [0.15, 0.2) is 65.5 Å². The van der Waals surface area contributed by atoms with E-state index in [1.807, 2.05) is 41.3 Å². The molecule has 0 bridgehead atoms. The minimum atomic E-state index is -0.136. The molecule has 0 radical (unpaired) electrons. The smallest absolute Gasteiger partial charge is 0.229 e. The van der Waals surface area contributed by atoms with Gasteiger partial charge < -0.3 is 24.6 Å². The Morgan fingerprint density at radius 3 is 2.75 bits per heavy atom. The molecule has 6 rings (SSSR count). The zero-order chi connectivity index (χ0) is 24.6. The summed E-state index contributed by atoms with van der Waals surface area (Å²) in [6.07, 6.45) is 4.46. The van der Waals surface area contributed by atoms with Crippen LogP contribution in [-0.2, 0) is 24.2 Å². The number of nitrogens with zero attached hydrogens (tertiary/aromatic N) is 5. The fourth-order valence-corrected chi connectivity index (χ4v) is 5.02. The van der Waals surface area contributed by atoms with Crippen molar-refractivity contribution in [3.8, 4) is 11.3 Å². The summed E-state index contributed by atoms with van der Waals surface area (Å²) < 4.78 is 5.38. The summed E-state index contributed by atoms with van der Waals surface area (Å²) in [7, 11) is 0. The lowest BCUT2D eigenvalue weighted by molar-refractivity contribution is -0.129. The maximum atomic E-state index is 12.2. The molecule has 182 valence electrons. The minimum absolute atomic E-state index is 0.00423. The van der Waals surface area contributed by atoms with Crippen LogP contribution in [0.5, 0.6) is 0 Å². The van der Waals surface area contributed by atoms with Gasteiger partial charge in [-0.1, -0.05) is 18.2 Å². The van der Waals surface area contributed by atoms with Gasteiger partial charge >= 0.3 is 0 Å². The highest BCUT2D eigenvalue weighted by atomic mass is 16.3. The summed E-state index contributed by atoms with van der Waals surface area (Å²) in [5.41, 5.74) is 5.80. The number of hydrogen-bond donors (Lipinski definition) is 2. The lowest BCUT2D eigenvalue weighted by Gasteiger charge is -2.33. The fraction of sp³-hybridized carbons (Fsp3) is 0.259. The second-order valence-corrected chi connectivity index (χ2v) is 9.09. The number of carbonyl (C=O) groups is 1. The molecule has 9 heteroatoms. The lowest BCUT2D eigenvalue weighted by Crippen LogP contribution is -2.38. The molecule has 4 heterocycles. The van der Waals surface area contributed by atoms with E-state index in [1.54, 1.807) is 13.1 Å². The largest absolute Gasteiger partial charge is 0.444 e. The number of para-hydroxylation sites is 1. The van der Waals surface area contributed by atoms with E-state index in [1.165, 1.54) is 12.0 Å². The number of amides is 1. The summed E-state index contributed by atoms with van der Waals surface area (Å²) in [6, 6.07) is 15.8. The number of aromatic nitrogens is 3. The molecule has 2 aromatic carbocycles. The van der Waals surface area contributed by atoms with Crippen LogP contribution < -0.4 is 10.2 Å². The summed E-state index contributed by atoms with van der Waals surface area (Å²) in [6.45, 7) is 2.65. The molecule has 2 aliphatic rings. The van der Waals surface area contributed by atoms with Crippen molar-refractivity contribution in [2.45, 2.75) is 32.4 Å². The number of oxazole rings is 1. The van der Waals surface area contributed by atoms with Gasteiger partial charge in [-0.3, -0.25) is 4.79 Å². The van der Waals surface area contributed by atoms with Gasteiger partial charge in [0.15, 0.2) is 12.2 Å². The Morgan fingerprint density at radius 1 is 1.17 bits per heavy atom. The average Bonchev–Trinajstić information content (AvgIpc) is 3.56. The normalized spacial score (nSPS) is 16.6. The van der Waals surface area contributed by atoms with Crippen LogP contribution in [0.4, 0.5) is 23.1 Å². The van der Waals surface area contributed by atoms with E-state index in [9.17, 15) is 9.90 Å². The van der Waals surface area contributed by atoms with Crippen molar-refractivity contribution in [2.75, 3.05) is 23.4 Å². The topological polar surface area (TPSA) is 108 Å². The van der Waals surface area contributed by atoms with Crippen molar-refractivity contribution in [2.24, 2.45) is 0 Å². The second-order valence-electron chi connectivity index (χ2n) is 9.09. The quantitative estimate of drug-likeness (QED) is 0.442. The molecule has 0 fully saturated rings. The van der Waals surface area contributed by atoms with E-state index < -0.39 is 0 Å². The van der Waals surface area contributed by atoms with Crippen LogP contribution in [0, 0.1) is 0 Å². The number of benzene rings is 2. The number of nitrogens with one attached hydrogen (secondary N) is 1. The van der Waals surface area contributed by atoms with Gasteiger partial charge in [-0.15, -0.1) is 0 Å². The highest BCUT2D eigenvalue weighted by molar-refractivity contribution is 5.76. The van der Waals surface area contributed by atoms with Gasteiger partial charge in [0.2, 0.25) is 11.9 Å². The van der Waals surface area contributed by atoms with E-state index >= 15 is 0 Å². The standard InChI is InChI=1S/C27H26N6O3/c1-17(35)32-11-10-23-22(14-32)26(33-21(15-34)12-19-4-2-3-5-24(19)33)31-27(30-23)29-20-8-6-18(7-9-20)25-13-28-16-36-25/h2-9,13,16,21,34H,10-12,14-15H2,1H3,(H,29,30,31). The predicted molar refractivity (Wildman–Crippen MR) is 135 cm³/mol. The Hall–Kier alpha value is -4.24. The minimum Gasteiger partial charge on any atom is -0.444 e. The predicted octanol–water partition coefficient (Wildman–Crippen LogP) is 3.83. The Kier molecular flexibility index (Phi) is 5.61. The molecule has 0 saturated heterocycles. The van der Waals surface area contributed by atoms with Crippen LogP contribution in [0.2, 0.25) is 0 Å². The highest BCUT2D eigenvalue weighted by Gasteiger charge is 2.35. The summed E-state index contributed by atoms with van der Waals surface area (Å²) in [5.74, 6) is 1.94. The van der Waals surface area contributed by atoms with Crippen molar-refractivity contribution < 1.29 is 14.3 Å². The summed E-state index contributed by atoms with van der Waals surface area (Å²) in [4.78, 5) is 29.9. The molecule has 2 aliphatic heterocycles. The van der Waals surface area contributed by atoms with Crippen molar-refractivity contribution >= 4 is 29.0 Å². The monoisotopic (exact) mass is 482 g/mol. The van der Waals surface area contributed by atoms with Crippen molar-refractivity contribution in [3.05, 3.63) is 77.9 Å². The molecule has 0 aliphatic carbocycles. The maximum absolute atomic E-state index is 12.2. The van der Waals surface area contributed by atoms with E-state index in [-0.39, 0.29) is 18.6 Å². The maximum Gasteiger partial charge on any atom is 0.229 e. The van der Waals surface area contributed by atoms with Crippen LogP contribution in [0.1, 0.15) is 23.7 Å². The number of fused-ring (bicyclic) bond motifs is 2. The summed E-state index contributed by atoms with van der Waals surface area (Å²) in [5, 5.41) is 13.6. The number of rotatable bonds is 5. The van der Waals surface area contributed by atoms with E-state index in [2.05, 4.69) is 27.3 Å². The van der Waals surface area contributed by atoms with Crippen molar-refractivity contribution in [1.82, 2.24) is 19.9 Å². The molecule has 36 heavy (non-hydrogen) atoms. The van der Waals surface area contributed by atoms with Crippen LogP contribution in [0.25, 0.3) is 11.3 Å². The molecular weight excluding hydrogens is 456 g/mol. The third-order valence-electron chi connectivity index (χ3n) is 6.85. The number of aliphatic hydroxyl groups excluding tert-OH is 1. The Morgan fingerprint density at radius 2 is 2.00 bits per heavy atom. The molecule has 9 nitrogen and oxygen atoms in total. The molecule has 4 aromatic rings. The highest BCUT2D eigenvalue weighted by Crippen LogP contribution is 2.41. The van der Waals surface area contributed by atoms with Gasteiger partial charge in [-0.05, 0) is 42.3 Å². The Bertz CT molecular complexity index is 1400. The van der Waals surface area contributed by atoms with Gasteiger partial charge in [0, 0.05) is 42.4 Å². The van der Waals surface area contributed by atoms with Gasteiger partial charge in [0.05, 0.1) is 31.1 Å². The van der Waals surface area contributed by atoms with Crippen molar-refractivity contribution in [3.63, 3.8) is 0 Å². The van der Waals surface area contributed by atoms with Gasteiger partial charge in [-0.25, -0.2) is 9.97 Å². The molecule has 1 amide bonds. The third kappa shape index (κ3) is 3.97. The van der Waals surface area contributed by atoms with E-state index in [4.69, 9.17) is 14.4 Å². The fourth-order valence-electron chi connectivity index (χ4n) is 5.02. The lowest BCUT2D eigenvalue weighted by atomic mass is 10.0. The van der Waals surface area contributed by atoms with Crippen LogP contribution in [-0.4, -0.2) is 50.1 Å².